The summed E-state index contributed by atoms with van der Waals surface area (Å²) in [7, 11) is 1.58. The van der Waals surface area contributed by atoms with Gasteiger partial charge in [0.2, 0.25) is 0 Å². The monoisotopic (exact) mass is 423 g/mol. The zero-order chi connectivity index (χ0) is 22.2. The zero-order valence-corrected chi connectivity index (χ0v) is 18.0. The third kappa shape index (κ3) is 3.24. The Morgan fingerprint density at radius 3 is 2.59 bits per heavy atom. The van der Waals surface area contributed by atoms with Crippen LogP contribution in [0.3, 0.4) is 0 Å². The summed E-state index contributed by atoms with van der Waals surface area (Å²) in [6.45, 7) is 3.77. The minimum absolute atomic E-state index is 0.215. The van der Waals surface area contributed by atoms with E-state index >= 15 is 0 Å². The van der Waals surface area contributed by atoms with Gasteiger partial charge in [-0.25, -0.2) is 4.52 Å². The van der Waals surface area contributed by atoms with Gasteiger partial charge in [-0.15, -0.1) is 10.2 Å². The zero-order valence-electron chi connectivity index (χ0n) is 18.0. The lowest BCUT2D eigenvalue weighted by atomic mass is 9.98. The van der Waals surface area contributed by atoms with Crippen LogP contribution in [-0.2, 0) is 0 Å². The van der Waals surface area contributed by atoms with Crippen molar-refractivity contribution in [3.63, 3.8) is 0 Å². The molecule has 5 rings (SSSR count). The molecule has 0 aliphatic heterocycles. The molecule has 3 aromatic carbocycles. The van der Waals surface area contributed by atoms with Crippen LogP contribution in [0.4, 0.5) is 5.69 Å². The molecule has 0 saturated heterocycles. The van der Waals surface area contributed by atoms with Gasteiger partial charge < -0.3 is 10.1 Å². The summed E-state index contributed by atoms with van der Waals surface area (Å²) < 4.78 is 6.91. The fraction of sp³-hybridized carbons (Fsp3) is 0.120. The first kappa shape index (κ1) is 19.7. The molecule has 0 aliphatic rings. The molecule has 0 bridgehead atoms. The topological polar surface area (TPSA) is 81.4 Å². The third-order valence-electron chi connectivity index (χ3n) is 5.54. The molecule has 7 nitrogen and oxygen atoms in total. The number of amides is 1. The van der Waals surface area contributed by atoms with E-state index in [0.29, 0.717) is 22.8 Å². The molecule has 158 valence electrons. The van der Waals surface area contributed by atoms with Gasteiger partial charge in [-0.2, -0.15) is 5.10 Å². The second kappa shape index (κ2) is 7.77. The van der Waals surface area contributed by atoms with Crippen LogP contribution < -0.4 is 10.1 Å². The number of aromatic nitrogens is 4. The van der Waals surface area contributed by atoms with Crippen LogP contribution in [0.5, 0.6) is 5.75 Å². The number of fused-ring (bicyclic) bond motifs is 2. The molecule has 7 heteroatoms. The van der Waals surface area contributed by atoms with Crippen molar-refractivity contribution >= 4 is 28.0 Å². The number of rotatable bonds is 4. The van der Waals surface area contributed by atoms with Gasteiger partial charge in [-0.05, 0) is 42.3 Å². The van der Waals surface area contributed by atoms with E-state index in [-0.39, 0.29) is 11.6 Å². The molecular weight excluding hydrogens is 402 g/mol. The molecule has 0 aliphatic carbocycles. The van der Waals surface area contributed by atoms with Crippen molar-refractivity contribution in [2.75, 3.05) is 12.4 Å². The Hall–Kier alpha value is -4.26. The smallest absolute Gasteiger partial charge is 0.278 e. The van der Waals surface area contributed by atoms with E-state index in [1.165, 1.54) is 0 Å². The lowest BCUT2D eigenvalue weighted by Crippen LogP contribution is -2.18. The predicted molar refractivity (Wildman–Crippen MR) is 124 cm³/mol. The highest BCUT2D eigenvalue weighted by Crippen LogP contribution is 2.33. The highest BCUT2D eigenvalue weighted by atomic mass is 16.5. The molecule has 32 heavy (non-hydrogen) atoms. The normalized spacial score (nSPS) is 11.1. The molecule has 0 atom stereocenters. The lowest BCUT2D eigenvalue weighted by molar-refractivity contribution is 0.102. The number of nitrogens with zero attached hydrogens (tertiary/aromatic N) is 4. The summed E-state index contributed by atoms with van der Waals surface area (Å²) in [5.74, 6) is 0.300. The molecule has 2 heterocycles. The Morgan fingerprint density at radius 1 is 0.969 bits per heavy atom. The summed E-state index contributed by atoms with van der Waals surface area (Å²) in [4.78, 5) is 12.9. The van der Waals surface area contributed by atoms with Crippen LogP contribution in [0.2, 0.25) is 0 Å². The van der Waals surface area contributed by atoms with Gasteiger partial charge in [0.05, 0.1) is 24.1 Å². The molecular formula is C25H21N5O2. The van der Waals surface area contributed by atoms with Crippen molar-refractivity contribution in [1.29, 1.82) is 0 Å². The van der Waals surface area contributed by atoms with Crippen molar-refractivity contribution < 1.29 is 9.53 Å². The number of aryl methyl sites for hydroxylation is 2. The van der Waals surface area contributed by atoms with Crippen molar-refractivity contribution in [3.05, 3.63) is 83.8 Å². The van der Waals surface area contributed by atoms with Crippen molar-refractivity contribution in [2.24, 2.45) is 0 Å². The SMILES string of the molecule is COc1cccc(NC(=O)c2nnc3c(-c4cccc5ccccc45)c(C)nn3c2C)c1. The van der Waals surface area contributed by atoms with E-state index in [2.05, 4.69) is 44.9 Å². The van der Waals surface area contributed by atoms with Gasteiger partial charge in [0, 0.05) is 11.8 Å². The van der Waals surface area contributed by atoms with E-state index < -0.39 is 0 Å². The number of ether oxygens (including phenoxy) is 1. The van der Waals surface area contributed by atoms with Gasteiger partial charge >= 0.3 is 0 Å². The number of hydrogen-bond acceptors (Lipinski definition) is 5. The average Bonchev–Trinajstić information content (AvgIpc) is 3.15. The summed E-state index contributed by atoms with van der Waals surface area (Å²) in [6.07, 6.45) is 0. The quantitative estimate of drug-likeness (QED) is 0.448. The summed E-state index contributed by atoms with van der Waals surface area (Å²) in [6, 6.07) is 21.5. The summed E-state index contributed by atoms with van der Waals surface area (Å²) >= 11 is 0. The molecule has 5 aromatic rings. The highest BCUT2D eigenvalue weighted by Gasteiger charge is 2.21. The number of carbonyl (C=O) groups is 1. The fourth-order valence-electron chi connectivity index (χ4n) is 3.97. The molecule has 2 aromatic heterocycles. The second-order valence-electron chi connectivity index (χ2n) is 7.54. The van der Waals surface area contributed by atoms with Gasteiger partial charge in [-0.3, -0.25) is 4.79 Å². The standard InChI is InChI=1S/C25H21N5O2/c1-15-22(21-13-6-9-17-8-4-5-12-20(17)21)24-28-27-23(16(2)30(24)29-15)25(31)26-18-10-7-11-19(14-18)32-3/h4-14H,1-3H3,(H,26,31). The van der Waals surface area contributed by atoms with E-state index in [4.69, 9.17) is 4.74 Å². The number of nitrogens with one attached hydrogen (secondary N) is 1. The molecule has 0 saturated carbocycles. The van der Waals surface area contributed by atoms with Gasteiger partial charge in [0.25, 0.3) is 5.91 Å². The van der Waals surface area contributed by atoms with Crippen LogP contribution in [0.1, 0.15) is 21.9 Å². The largest absolute Gasteiger partial charge is 0.497 e. The summed E-state index contributed by atoms with van der Waals surface area (Å²) in [5, 5.41) is 18.5. The maximum Gasteiger partial charge on any atom is 0.278 e. The number of anilines is 1. The summed E-state index contributed by atoms with van der Waals surface area (Å²) in [5.41, 5.74) is 4.84. The maximum atomic E-state index is 12.9. The molecule has 0 fully saturated rings. The Morgan fingerprint density at radius 2 is 1.75 bits per heavy atom. The number of methoxy groups -OCH3 is 1. The highest BCUT2D eigenvalue weighted by molar-refractivity contribution is 6.04. The fourth-order valence-corrected chi connectivity index (χ4v) is 3.97. The van der Waals surface area contributed by atoms with Crippen molar-refractivity contribution in [2.45, 2.75) is 13.8 Å². The molecule has 1 amide bonds. The van der Waals surface area contributed by atoms with E-state index in [1.54, 1.807) is 23.8 Å². The Kier molecular flexibility index (Phi) is 4.78. The van der Waals surface area contributed by atoms with Crippen LogP contribution in [0, 0.1) is 13.8 Å². The number of benzene rings is 3. The Balaban J connectivity index is 1.59. The van der Waals surface area contributed by atoms with Crippen LogP contribution in [0.15, 0.2) is 66.7 Å². The number of hydrogen-bond donors (Lipinski definition) is 1. The van der Waals surface area contributed by atoms with Crippen LogP contribution in [0.25, 0.3) is 27.5 Å². The first-order valence-corrected chi connectivity index (χ1v) is 10.2. The molecule has 0 unspecified atom stereocenters. The first-order valence-electron chi connectivity index (χ1n) is 10.2. The van der Waals surface area contributed by atoms with Crippen LogP contribution in [-0.4, -0.2) is 32.8 Å². The Labute approximate surface area is 184 Å². The minimum atomic E-state index is -0.356. The van der Waals surface area contributed by atoms with Crippen molar-refractivity contribution in [3.8, 4) is 16.9 Å². The third-order valence-corrected chi connectivity index (χ3v) is 5.54. The van der Waals surface area contributed by atoms with Gasteiger partial charge in [-0.1, -0.05) is 48.5 Å². The van der Waals surface area contributed by atoms with Crippen LogP contribution >= 0.6 is 0 Å². The lowest BCUT2D eigenvalue weighted by Gasteiger charge is -2.09. The average molecular weight is 423 g/mol. The molecule has 1 N–H and O–H groups in total. The van der Waals surface area contributed by atoms with Gasteiger partial charge in [0.15, 0.2) is 11.3 Å². The maximum absolute atomic E-state index is 12.9. The molecule has 0 radical (unpaired) electrons. The minimum Gasteiger partial charge on any atom is -0.497 e. The van der Waals surface area contributed by atoms with E-state index in [1.807, 2.05) is 44.2 Å². The second-order valence-corrected chi connectivity index (χ2v) is 7.54. The first-order chi connectivity index (χ1) is 15.6. The van der Waals surface area contributed by atoms with Crippen molar-refractivity contribution in [1.82, 2.24) is 19.8 Å². The van der Waals surface area contributed by atoms with E-state index in [0.717, 1.165) is 27.6 Å². The predicted octanol–water partition coefficient (Wildman–Crippen LogP) is 4.82. The van der Waals surface area contributed by atoms with Gasteiger partial charge in [0.1, 0.15) is 5.75 Å². The number of carbonyl (C=O) groups excluding carboxylic acids is 1. The molecule has 0 spiro atoms. The van der Waals surface area contributed by atoms with E-state index in [9.17, 15) is 4.79 Å². The Bertz CT molecular complexity index is 1480.